The van der Waals surface area contributed by atoms with Gasteiger partial charge in [0.2, 0.25) is 15.9 Å². The number of carbonyl (C=O) groups excluding carboxylic acids is 1. The molecule has 0 atom stereocenters. The second-order valence-corrected chi connectivity index (χ2v) is 10.7. The Kier molecular flexibility index (Phi) is 7.33. The first-order chi connectivity index (χ1) is 16.3. The lowest BCUT2D eigenvalue weighted by atomic mass is 9.96. The average molecular weight is 488 g/mol. The van der Waals surface area contributed by atoms with E-state index in [9.17, 15) is 13.2 Å². The van der Waals surface area contributed by atoms with Crippen molar-refractivity contribution >= 4 is 21.6 Å². The smallest absolute Gasteiger partial charge is 0.246 e. The molecule has 0 N–H and O–H groups in total. The zero-order valence-corrected chi connectivity index (χ0v) is 20.9. The molecule has 0 radical (unpaired) electrons. The van der Waals surface area contributed by atoms with Gasteiger partial charge in [-0.3, -0.25) is 4.79 Å². The first-order valence-corrected chi connectivity index (χ1v) is 13.1. The van der Waals surface area contributed by atoms with Crippen LogP contribution in [-0.4, -0.2) is 77.0 Å². The molecule has 34 heavy (non-hydrogen) atoms. The molecule has 0 aromatic heterocycles. The molecule has 2 fully saturated rings. The summed E-state index contributed by atoms with van der Waals surface area (Å²) >= 11 is 0. The summed E-state index contributed by atoms with van der Waals surface area (Å²) < 4.78 is 38.8. The Bertz CT molecular complexity index is 1120. The van der Waals surface area contributed by atoms with Crippen molar-refractivity contribution in [1.29, 1.82) is 0 Å². The van der Waals surface area contributed by atoms with Gasteiger partial charge in [-0.15, -0.1) is 0 Å². The standard InChI is InChI=1S/C25H33N3O5S/c1-19-8-9-23(33-3)24(18-19)34(30,31)28-12-10-20(11-13-28)25(29)27-16-14-26(15-17-27)21-6-4-5-7-22(21)32-2/h4-9,18,20H,10-17H2,1-3H3. The van der Waals surface area contributed by atoms with E-state index in [2.05, 4.69) is 4.90 Å². The van der Waals surface area contributed by atoms with Gasteiger partial charge in [0.15, 0.2) is 0 Å². The number of aryl methyl sites for hydroxylation is 1. The number of benzene rings is 2. The molecule has 1 amide bonds. The molecule has 2 heterocycles. The minimum atomic E-state index is -3.68. The predicted molar refractivity (Wildman–Crippen MR) is 131 cm³/mol. The van der Waals surface area contributed by atoms with E-state index in [0.29, 0.717) is 44.8 Å². The number of hydrogen-bond donors (Lipinski definition) is 0. The summed E-state index contributed by atoms with van der Waals surface area (Å²) in [5, 5.41) is 0. The summed E-state index contributed by atoms with van der Waals surface area (Å²) in [7, 11) is -0.540. The molecule has 2 saturated heterocycles. The fraction of sp³-hybridized carbons (Fsp3) is 0.480. The van der Waals surface area contributed by atoms with Gasteiger partial charge in [0.25, 0.3) is 0 Å². The minimum absolute atomic E-state index is 0.130. The topological polar surface area (TPSA) is 79.4 Å². The van der Waals surface area contributed by atoms with Crippen LogP contribution in [0.4, 0.5) is 5.69 Å². The van der Waals surface area contributed by atoms with Gasteiger partial charge in [-0.05, 0) is 49.6 Å². The summed E-state index contributed by atoms with van der Waals surface area (Å²) in [6.07, 6.45) is 1.05. The molecule has 4 rings (SSSR count). The number of ether oxygens (including phenoxy) is 2. The number of carbonyl (C=O) groups is 1. The van der Waals surface area contributed by atoms with Crippen LogP contribution in [0.5, 0.6) is 11.5 Å². The monoisotopic (exact) mass is 487 g/mol. The fourth-order valence-electron chi connectivity index (χ4n) is 4.78. The maximum Gasteiger partial charge on any atom is 0.246 e. The van der Waals surface area contributed by atoms with Gasteiger partial charge in [0, 0.05) is 45.2 Å². The number of methoxy groups -OCH3 is 2. The second kappa shape index (κ2) is 10.2. The van der Waals surface area contributed by atoms with Gasteiger partial charge >= 0.3 is 0 Å². The van der Waals surface area contributed by atoms with Crippen LogP contribution >= 0.6 is 0 Å². The number of rotatable bonds is 6. The first kappa shape index (κ1) is 24.3. The average Bonchev–Trinajstić information content (AvgIpc) is 2.88. The Morgan fingerprint density at radius 2 is 1.53 bits per heavy atom. The van der Waals surface area contributed by atoms with Gasteiger partial charge in [0.1, 0.15) is 16.4 Å². The van der Waals surface area contributed by atoms with Gasteiger partial charge < -0.3 is 19.3 Å². The fourth-order valence-corrected chi connectivity index (χ4v) is 6.49. The number of piperazine rings is 1. The highest BCUT2D eigenvalue weighted by atomic mass is 32.2. The van der Waals surface area contributed by atoms with Crippen LogP contribution in [0.25, 0.3) is 0 Å². The summed E-state index contributed by atoms with van der Waals surface area (Å²) in [5.74, 6) is 1.16. The van der Waals surface area contributed by atoms with E-state index in [4.69, 9.17) is 9.47 Å². The summed E-state index contributed by atoms with van der Waals surface area (Å²) in [6.45, 7) is 5.30. The van der Waals surface area contributed by atoms with Crippen molar-refractivity contribution in [2.45, 2.75) is 24.7 Å². The lowest BCUT2D eigenvalue weighted by Gasteiger charge is -2.39. The van der Waals surface area contributed by atoms with Gasteiger partial charge in [-0.1, -0.05) is 18.2 Å². The third-order valence-corrected chi connectivity index (χ3v) is 8.68. The van der Waals surface area contributed by atoms with E-state index in [1.54, 1.807) is 19.2 Å². The van der Waals surface area contributed by atoms with Crippen molar-refractivity contribution in [1.82, 2.24) is 9.21 Å². The molecular weight excluding hydrogens is 454 g/mol. The number of anilines is 1. The van der Waals surface area contributed by atoms with E-state index in [1.807, 2.05) is 42.2 Å². The van der Waals surface area contributed by atoms with Gasteiger partial charge in [-0.25, -0.2) is 8.42 Å². The maximum atomic E-state index is 13.3. The molecule has 9 heteroatoms. The zero-order chi connectivity index (χ0) is 24.3. The van der Waals surface area contributed by atoms with E-state index < -0.39 is 10.0 Å². The van der Waals surface area contributed by atoms with Crippen molar-refractivity contribution in [3.63, 3.8) is 0 Å². The third kappa shape index (κ3) is 4.86. The van der Waals surface area contributed by atoms with Crippen LogP contribution in [0.15, 0.2) is 47.4 Å². The molecule has 0 spiro atoms. The van der Waals surface area contributed by atoms with Crippen molar-refractivity contribution < 1.29 is 22.7 Å². The zero-order valence-electron chi connectivity index (χ0n) is 20.1. The second-order valence-electron chi connectivity index (χ2n) is 8.82. The SMILES string of the molecule is COc1ccccc1N1CCN(C(=O)C2CCN(S(=O)(=O)c3cc(C)ccc3OC)CC2)CC1. The Labute approximate surface area is 202 Å². The maximum absolute atomic E-state index is 13.3. The Morgan fingerprint density at radius 1 is 0.882 bits per heavy atom. The van der Waals surface area contributed by atoms with E-state index in [1.165, 1.54) is 11.4 Å². The molecule has 8 nitrogen and oxygen atoms in total. The molecule has 2 aliphatic rings. The van der Waals surface area contributed by atoms with E-state index in [0.717, 1.165) is 30.1 Å². The van der Waals surface area contributed by atoms with Gasteiger partial charge in [-0.2, -0.15) is 4.31 Å². The van der Waals surface area contributed by atoms with Crippen LogP contribution in [0.3, 0.4) is 0 Å². The van der Waals surface area contributed by atoms with Crippen LogP contribution in [-0.2, 0) is 14.8 Å². The number of hydrogen-bond acceptors (Lipinski definition) is 6. The molecular formula is C25H33N3O5S. The van der Waals surface area contributed by atoms with Crippen LogP contribution < -0.4 is 14.4 Å². The summed E-state index contributed by atoms with van der Waals surface area (Å²) in [6, 6.07) is 13.1. The molecule has 0 aliphatic carbocycles. The van der Waals surface area contributed by atoms with E-state index >= 15 is 0 Å². The summed E-state index contributed by atoms with van der Waals surface area (Å²) in [5.41, 5.74) is 1.90. The molecule has 0 bridgehead atoms. The minimum Gasteiger partial charge on any atom is -0.495 e. The van der Waals surface area contributed by atoms with Gasteiger partial charge in [0.05, 0.1) is 19.9 Å². The highest BCUT2D eigenvalue weighted by Crippen LogP contribution is 2.32. The number of piperidine rings is 1. The molecule has 0 unspecified atom stereocenters. The van der Waals surface area contributed by atoms with Crippen LogP contribution in [0.1, 0.15) is 18.4 Å². The van der Waals surface area contributed by atoms with Crippen molar-refractivity contribution in [2.75, 3.05) is 58.4 Å². The molecule has 0 saturated carbocycles. The summed E-state index contributed by atoms with van der Waals surface area (Å²) in [4.78, 5) is 17.5. The number of nitrogens with zero attached hydrogens (tertiary/aromatic N) is 3. The van der Waals surface area contributed by atoms with E-state index in [-0.39, 0.29) is 16.7 Å². The molecule has 184 valence electrons. The predicted octanol–water partition coefficient (Wildman–Crippen LogP) is 2.76. The normalized spacial score (nSPS) is 18.1. The lowest BCUT2D eigenvalue weighted by molar-refractivity contribution is -0.137. The molecule has 2 aromatic rings. The van der Waals surface area contributed by atoms with Crippen molar-refractivity contribution in [2.24, 2.45) is 5.92 Å². The highest BCUT2D eigenvalue weighted by Gasteiger charge is 2.36. The lowest BCUT2D eigenvalue weighted by Crippen LogP contribution is -2.52. The van der Waals surface area contributed by atoms with Crippen LogP contribution in [0, 0.1) is 12.8 Å². The Morgan fingerprint density at radius 3 is 2.18 bits per heavy atom. The largest absolute Gasteiger partial charge is 0.495 e. The quantitative estimate of drug-likeness (QED) is 0.624. The Balaban J connectivity index is 1.35. The van der Waals surface area contributed by atoms with Crippen molar-refractivity contribution in [3.8, 4) is 11.5 Å². The molecule has 2 aliphatic heterocycles. The number of amides is 1. The van der Waals surface area contributed by atoms with Crippen LogP contribution in [0.2, 0.25) is 0 Å². The molecule has 2 aromatic carbocycles. The van der Waals surface area contributed by atoms with Crippen molar-refractivity contribution in [3.05, 3.63) is 48.0 Å². The third-order valence-electron chi connectivity index (χ3n) is 6.76. The number of para-hydroxylation sites is 2. The first-order valence-electron chi connectivity index (χ1n) is 11.7. The number of sulfonamides is 1. The highest BCUT2D eigenvalue weighted by molar-refractivity contribution is 7.89. The Hall–Kier alpha value is -2.78.